The molecule has 142 valence electrons. The number of nitrogen functional groups attached to an aromatic ring is 1. The molecule has 5 N–H and O–H groups in total. The van der Waals surface area contributed by atoms with Gasteiger partial charge >= 0.3 is 4.87 Å². The lowest BCUT2D eigenvalue weighted by molar-refractivity contribution is -0.121. The zero-order valence-electron chi connectivity index (χ0n) is 14.1. The molecule has 12 heteroatoms. The Morgan fingerprint density at radius 1 is 1.54 bits per heavy atom. The molecule has 0 aromatic carbocycles. The summed E-state index contributed by atoms with van der Waals surface area (Å²) < 4.78 is 7.27. The Morgan fingerprint density at radius 2 is 2.27 bits per heavy atom. The second-order valence-corrected chi connectivity index (χ2v) is 8.07. The fourth-order valence-electron chi connectivity index (χ4n) is 2.70. The predicted octanol–water partition coefficient (Wildman–Crippen LogP) is -0.408. The summed E-state index contributed by atoms with van der Waals surface area (Å²) in [6.45, 7) is 1.81. The number of fused-ring (bicyclic) bond motifs is 1. The van der Waals surface area contributed by atoms with Gasteiger partial charge in [0.05, 0.1) is 11.4 Å². The molecule has 0 aliphatic carbocycles. The number of aromatic nitrogens is 3. The van der Waals surface area contributed by atoms with E-state index >= 15 is 0 Å². The second-order valence-electron chi connectivity index (χ2n) is 5.76. The van der Waals surface area contributed by atoms with E-state index in [4.69, 9.17) is 10.5 Å². The molecule has 0 spiro atoms. The summed E-state index contributed by atoms with van der Waals surface area (Å²) in [5, 5.41) is 12.2. The van der Waals surface area contributed by atoms with Crippen LogP contribution in [0.3, 0.4) is 0 Å². The number of H-pyrrole nitrogens is 1. The Labute approximate surface area is 155 Å². The normalized spacial score (nSPS) is 24.0. The lowest BCUT2D eigenvalue weighted by atomic mass is 10.2. The maximum absolute atomic E-state index is 12.5. The first-order chi connectivity index (χ1) is 12.3. The number of thioether (sulfide) groups is 1. The van der Waals surface area contributed by atoms with Crippen LogP contribution in [0.5, 0.6) is 0 Å². The van der Waals surface area contributed by atoms with Crippen LogP contribution >= 0.6 is 23.1 Å². The van der Waals surface area contributed by atoms with E-state index in [0.717, 1.165) is 11.3 Å². The first-order valence-corrected chi connectivity index (χ1v) is 9.72. The Bertz CT molecular complexity index is 938. The number of hydrogen-bond donors (Lipinski definition) is 4. The average Bonchev–Trinajstić information content (AvgIpc) is 3.14. The Balaban J connectivity index is 2.08. The van der Waals surface area contributed by atoms with E-state index in [9.17, 15) is 19.5 Å². The number of nitrogens with zero attached hydrogens (tertiary/aromatic N) is 2. The fourth-order valence-corrected chi connectivity index (χ4v) is 5.01. The molecule has 3 rings (SSSR count). The maximum atomic E-state index is 12.5. The van der Waals surface area contributed by atoms with Crippen LogP contribution in [0.15, 0.2) is 9.59 Å². The zero-order valence-corrected chi connectivity index (χ0v) is 15.7. The van der Waals surface area contributed by atoms with Crippen LogP contribution in [-0.4, -0.2) is 49.4 Å². The largest absolute Gasteiger partial charge is 0.390 e. The molecule has 1 amide bonds. The number of aliphatic hydroxyl groups is 1. The van der Waals surface area contributed by atoms with E-state index in [1.165, 1.54) is 23.4 Å². The monoisotopic (exact) mass is 401 g/mol. The first-order valence-electron chi connectivity index (χ1n) is 7.96. The van der Waals surface area contributed by atoms with Crippen molar-refractivity contribution in [2.75, 3.05) is 12.8 Å². The number of carbonyl (C=O) groups is 1. The number of aromatic amines is 1. The molecule has 0 bridgehead atoms. The molecule has 3 heterocycles. The molecule has 1 aliphatic heterocycles. The number of nitrogens with one attached hydrogen (secondary N) is 2. The van der Waals surface area contributed by atoms with Crippen molar-refractivity contribution < 1.29 is 14.6 Å². The van der Waals surface area contributed by atoms with Gasteiger partial charge in [-0.3, -0.25) is 23.9 Å². The predicted molar refractivity (Wildman–Crippen MR) is 99.2 cm³/mol. The second kappa shape index (κ2) is 7.39. The van der Waals surface area contributed by atoms with Gasteiger partial charge < -0.3 is 20.9 Å². The fraction of sp³-hybridized carbons (Fsp3) is 0.571. The van der Waals surface area contributed by atoms with Crippen molar-refractivity contribution in [1.29, 1.82) is 0 Å². The molecule has 0 radical (unpaired) electrons. The Hall–Kier alpha value is -1.89. The number of amides is 1. The van der Waals surface area contributed by atoms with Crippen LogP contribution in [0, 0.1) is 0 Å². The summed E-state index contributed by atoms with van der Waals surface area (Å²) >= 11 is 2.02. The van der Waals surface area contributed by atoms with Gasteiger partial charge in [-0.1, -0.05) is 18.3 Å². The van der Waals surface area contributed by atoms with Gasteiger partial charge in [0, 0.05) is 13.5 Å². The summed E-state index contributed by atoms with van der Waals surface area (Å²) in [6.07, 6.45) is -1.06. The molecule has 2 aromatic rings. The van der Waals surface area contributed by atoms with Gasteiger partial charge in [-0.05, 0) is 6.42 Å². The van der Waals surface area contributed by atoms with E-state index in [-0.39, 0.29) is 28.6 Å². The van der Waals surface area contributed by atoms with Crippen molar-refractivity contribution in [3.63, 3.8) is 0 Å². The molecule has 2 aromatic heterocycles. The summed E-state index contributed by atoms with van der Waals surface area (Å²) in [6, 6.07) is 0. The van der Waals surface area contributed by atoms with E-state index in [2.05, 4.69) is 15.3 Å². The number of ether oxygens (including phenoxy) is 1. The number of rotatable bonds is 5. The van der Waals surface area contributed by atoms with Crippen LogP contribution in [0.1, 0.15) is 26.0 Å². The van der Waals surface area contributed by atoms with Gasteiger partial charge in [0.1, 0.15) is 10.1 Å². The summed E-state index contributed by atoms with van der Waals surface area (Å²) in [7, 11) is 1.52. The topological polar surface area (TPSA) is 152 Å². The number of carbonyl (C=O) groups excluding carboxylic acids is 1. The van der Waals surface area contributed by atoms with Gasteiger partial charge in [0.2, 0.25) is 11.9 Å². The van der Waals surface area contributed by atoms with Crippen LogP contribution < -0.4 is 21.5 Å². The van der Waals surface area contributed by atoms with Gasteiger partial charge in [0.25, 0.3) is 5.56 Å². The lowest BCUT2D eigenvalue weighted by Gasteiger charge is -2.19. The summed E-state index contributed by atoms with van der Waals surface area (Å²) in [5.41, 5.74) is 4.62. The number of anilines is 1. The molecule has 1 fully saturated rings. The number of thiazole rings is 1. The number of aliphatic hydroxyl groups excluding tert-OH is 1. The van der Waals surface area contributed by atoms with Crippen LogP contribution in [0.4, 0.5) is 5.95 Å². The number of hydrogen-bond acceptors (Lipinski definition) is 9. The van der Waals surface area contributed by atoms with E-state index in [0.29, 0.717) is 6.42 Å². The van der Waals surface area contributed by atoms with Gasteiger partial charge in [-0.25, -0.2) is 0 Å². The van der Waals surface area contributed by atoms with E-state index < -0.39 is 33.5 Å². The third kappa shape index (κ3) is 3.37. The van der Waals surface area contributed by atoms with E-state index in [1.54, 1.807) is 0 Å². The van der Waals surface area contributed by atoms with Gasteiger partial charge in [-0.15, -0.1) is 11.8 Å². The highest BCUT2D eigenvalue weighted by molar-refractivity contribution is 8.00. The van der Waals surface area contributed by atoms with Gasteiger partial charge in [-0.2, -0.15) is 4.98 Å². The highest BCUT2D eigenvalue weighted by atomic mass is 32.2. The van der Waals surface area contributed by atoms with Crippen molar-refractivity contribution in [2.24, 2.45) is 0 Å². The van der Waals surface area contributed by atoms with Crippen molar-refractivity contribution in [1.82, 2.24) is 19.9 Å². The van der Waals surface area contributed by atoms with E-state index in [1.807, 2.05) is 6.92 Å². The van der Waals surface area contributed by atoms with Crippen LogP contribution in [-0.2, 0) is 9.53 Å². The van der Waals surface area contributed by atoms with Crippen molar-refractivity contribution >= 4 is 45.3 Å². The maximum Gasteiger partial charge on any atom is 0.311 e. The average molecular weight is 401 g/mol. The summed E-state index contributed by atoms with van der Waals surface area (Å²) in [5.74, 6) is -0.340. The minimum Gasteiger partial charge on any atom is -0.390 e. The molecule has 10 nitrogen and oxygen atoms in total. The van der Waals surface area contributed by atoms with Crippen LogP contribution in [0.25, 0.3) is 10.3 Å². The van der Waals surface area contributed by atoms with Crippen molar-refractivity contribution in [3.8, 4) is 0 Å². The SMILES string of the molecule is CC[C@H](O)C1O[C@@H](n2c(=O)sc3c(=O)[nH]c(N)nc32)[C@H](CC(=O)NC)S1. The smallest absolute Gasteiger partial charge is 0.311 e. The third-order valence-corrected chi connectivity index (χ3v) is 6.43. The lowest BCUT2D eigenvalue weighted by Crippen LogP contribution is -2.31. The molecule has 1 aliphatic rings. The zero-order chi connectivity index (χ0) is 19.0. The molecule has 0 saturated carbocycles. The van der Waals surface area contributed by atoms with Crippen molar-refractivity contribution in [3.05, 3.63) is 20.0 Å². The standard InChI is InChI=1S/C14H19N5O5S2/c1-3-5(20)12-24-11(6(25-12)4-7(21)16-2)19-9-8(26-14(19)23)10(22)18-13(15)17-9/h5-6,11-12,20H,3-4H2,1-2H3,(H,16,21)(H3,15,17,18,22)/t5-,6-,11+,12?/m0/s1. The Kier molecular flexibility index (Phi) is 5.37. The highest BCUT2D eigenvalue weighted by Gasteiger charge is 2.42. The first kappa shape index (κ1) is 18.9. The molecule has 1 unspecified atom stereocenters. The summed E-state index contributed by atoms with van der Waals surface area (Å²) in [4.78, 5) is 42.4. The van der Waals surface area contributed by atoms with Crippen LogP contribution in [0.2, 0.25) is 0 Å². The van der Waals surface area contributed by atoms with Gasteiger partial charge in [0.15, 0.2) is 11.9 Å². The van der Waals surface area contributed by atoms with Crippen molar-refractivity contribution in [2.45, 2.75) is 42.8 Å². The molecular weight excluding hydrogens is 382 g/mol. The third-order valence-electron chi connectivity index (χ3n) is 4.04. The molecular formula is C14H19N5O5S2. The minimum atomic E-state index is -0.849. The highest BCUT2D eigenvalue weighted by Crippen LogP contribution is 2.43. The quantitative estimate of drug-likeness (QED) is 0.528. The minimum absolute atomic E-state index is 0.0845. The molecule has 1 saturated heterocycles. The molecule has 26 heavy (non-hydrogen) atoms. The molecule has 4 atom stereocenters. The Morgan fingerprint density at radius 3 is 2.92 bits per heavy atom. The number of nitrogens with two attached hydrogens (primary N) is 1.